The van der Waals surface area contributed by atoms with Crippen LogP contribution in [0, 0.1) is 0 Å². The highest BCUT2D eigenvalue weighted by atomic mass is 32.2. The Bertz CT molecular complexity index is 1360. The Hall–Kier alpha value is -2.42. The minimum atomic E-state index is -3.74. The van der Waals surface area contributed by atoms with Gasteiger partial charge in [-0.25, -0.2) is 21.6 Å². The number of anilines is 1. The van der Waals surface area contributed by atoms with E-state index in [1.165, 1.54) is 10.4 Å². The molecule has 1 aliphatic heterocycles. The minimum absolute atomic E-state index is 0.0111. The van der Waals surface area contributed by atoms with Crippen molar-refractivity contribution in [2.75, 3.05) is 10.8 Å². The fourth-order valence-electron chi connectivity index (χ4n) is 4.55. The number of sulfonamides is 2. The van der Waals surface area contributed by atoms with E-state index in [0.717, 1.165) is 42.0 Å². The molecule has 1 N–H and O–H groups in total. The van der Waals surface area contributed by atoms with Crippen LogP contribution in [0.3, 0.4) is 0 Å². The molecule has 1 heterocycles. The molecule has 0 spiro atoms. The van der Waals surface area contributed by atoms with Gasteiger partial charge < -0.3 is 0 Å². The molecule has 1 aliphatic carbocycles. The molecule has 8 heteroatoms. The SMILES string of the molecule is O=S(=O)(NC1CCCC1)c1ccc2c(c1)CCN2S(=O)(=O)c1ccc2ccccc2c1. The van der Waals surface area contributed by atoms with Crippen molar-refractivity contribution in [2.45, 2.75) is 47.9 Å². The molecule has 0 aromatic heterocycles. The van der Waals surface area contributed by atoms with Gasteiger partial charge in [-0.15, -0.1) is 0 Å². The summed E-state index contributed by atoms with van der Waals surface area (Å²) in [5.41, 5.74) is 1.28. The van der Waals surface area contributed by atoms with E-state index in [1.54, 1.807) is 24.3 Å². The third-order valence-corrected chi connectivity index (χ3v) is 9.53. The number of benzene rings is 3. The third-order valence-electron chi connectivity index (χ3n) is 6.20. The Morgan fingerprint density at radius 1 is 0.806 bits per heavy atom. The lowest BCUT2D eigenvalue weighted by Crippen LogP contribution is -2.32. The van der Waals surface area contributed by atoms with E-state index >= 15 is 0 Å². The van der Waals surface area contributed by atoms with Crippen LogP contribution in [-0.4, -0.2) is 29.4 Å². The van der Waals surface area contributed by atoms with Gasteiger partial charge in [0.25, 0.3) is 10.0 Å². The van der Waals surface area contributed by atoms with Crippen molar-refractivity contribution in [2.24, 2.45) is 0 Å². The second-order valence-corrected chi connectivity index (χ2v) is 11.8. The maximum Gasteiger partial charge on any atom is 0.264 e. The molecule has 3 aromatic rings. The van der Waals surface area contributed by atoms with Crippen LogP contribution in [-0.2, 0) is 26.5 Å². The van der Waals surface area contributed by atoms with Crippen LogP contribution < -0.4 is 9.03 Å². The quantitative estimate of drug-likeness (QED) is 0.633. The first-order valence-electron chi connectivity index (χ1n) is 10.5. The van der Waals surface area contributed by atoms with Gasteiger partial charge in [0.2, 0.25) is 10.0 Å². The Balaban J connectivity index is 1.46. The number of rotatable bonds is 5. The molecule has 2 aliphatic rings. The monoisotopic (exact) mass is 456 g/mol. The summed E-state index contributed by atoms with van der Waals surface area (Å²) < 4.78 is 56.4. The summed E-state index contributed by atoms with van der Waals surface area (Å²) in [4.78, 5) is 0.432. The molecular formula is C23H24N2O4S2. The Morgan fingerprint density at radius 3 is 2.29 bits per heavy atom. The molecule has 0 radical (unpaired) electrons. The third kappa shape index (κ3) is 3.73. The smallest absolute Gasteiger partial charge is 0.264 e. The van der Waals surface area contributed by atoms with E-state index in [-0.39, 0.29) is 15.8 Å². The van der Waals surface area contributed by atoms with Gasteiger partial charge in [0.1, 0.15) is 0 Å². The summed E-state index contributed by atoms with van der Waals surface area (Å²) in [5, 5.41) is 1.84. The van der Waals surface area contributed by atoms with Gasteiger partial charge in [-0.2, -0.15) is 0 Å². The molecule has 0 unspecified atom stereocenters. The van der Waals surface area contributed by atoms with E-state index in [2.05, 4.69) is 4.72 Å². The van der Waals surface area contributed by atoms with Gasteiger partial charge in [-0.3, -0.25) is 4.31 Å². The molecule has 0 saturated heterocycles. The van der Waals surface area contributed by atoms with Gasteiger partial charge in [0.05, 0.1) is 15.5 Å². The highest BCUT2D eigenvalue weighted by Crippen LogP contribution is 2.35. The van der Waals surface area contributed by atoms with Crippen molar-refractivity contribution in [1.29, 1.82) is 0 Å². The lowest BCUT2D eigenvalue weighted by atomic mass is 10.1. The van der Waals surface area contributed by atoms with E-state index in [0.29, 0.717) is 18.7 Å². The van der Waals surface area contributed by atoms with E-state index in [9.17, 15) is 16.8 Å². The Labute approximate surface area is 183 Å². The number of hydrogen-bond donors (Lipinski definition) is 1. The molecule has 0 bridgehead atoms. The molecule has 1 fully saturated rings. The topological polar surface area (TPSA) is 83.6 Å². The summed E-state index contributed by atoms with van der Waals surface area (Å²) >= 11 is 0. The van der Waals surface area contributed by atoms with Crippen LogP contribution in [0.4, 0.5) is 5.69 Å². The predicted octanol–water partition coefficient (Wildman–Crippen LogP) is 3.81. The molecule has 162 valence electrons. The molecule has 1 saturated carbocycles. The fraction of sp³-hybridized carbons (Fsp3) is 0.304. The van der Waals surface area contributed by atoms with Crippen LogP contribution in [0.5, 0.6) is 0 Å². The zero-order valence-corrected chi connectivity index (χ0v) is 18.6. The van der Waals surface area contributed by atoms with Gasteiger partial charge in [-0.05, 0) is 65.9 Å². The van der Waals surface area contributed by atoms with Gasteiger partial charge in [0, 0.05) is 12.6 Å². The lowest BCUT2D eigenvalue weighted by molar-refractivity contribution is 0.552. The number of hydrogen-bond acceptors (Lipinski definition) is 4. The zero-order valence-electron chi connectivity index (χ0n) is 17.0. The van der Waals surface area contributed by atoms with Crippen LogP contribution in [0.25, 0.3) is 10.8 Å². The van der Waals surface area contributed by atoms with E-state index in [1.807, 2.05) is 30.3 Å². The molecule has 0 amide bonds. The molecule has 31 heavy (non-hydrogen) atoms. The summed E-state index contributed by atoms with van der Waals surface area (Å²) in [6.07, 6.45) is 4.29. The predicted molar refractivity (Wildman–Crippen MR) is 121 cm³/mol. The maximum absolute atomic E-state index is 13.3. The van der Waals surface area contributed by atoms with Crippen LogP contribution in [0.2, 0.25) is 0 Å². The minimum Gasteiger partial charge on any atom is -0.266 e. The van der Waals surface area contributed by atoms with Crippen molar-refractivity contribution >= 4 is 36.5 Å². The zero-order chi connectivity index (χ0) is 21.6. The van der Waals surface area contributed by atoms with Crippen molar-refractivity contribution in [3.05, 3.63) is 66.2 Å². The first kappa shape index (κ1) is 20.5. The van der Waals surface area contributed by atoms with Crippen molar-refractivity contribution in [1.82, 2.24) is 4.72 Å². The van der Waals surface area contributed by atoms with Crippen molar-refractivity contribution < 1.29 is 16.8 Å². The molecule has 5 rings (SSSR count). The number of nitrogens with one attached hydrogen (secondary N) is 1. The first-order chi connectivity index (χ1) is 14.8. The summed E-state index contributed by atoms with van der Waals surface area (Å²) in [6, 6.07) is 17.5. The molecular weight excluding hydrogens is 432 g/mol. The normalized spacial score (nSPS) is 17.4. The van der Waals surface area contributed by atoms with Crippen molar-refractivity contribution in [3.8, 4) is 0 Å². The van der Waals surface area contributed by atoms with Crippen molar-refractivity contribution in [3.63, 3.8) is 0 Å². The molecule has 6 nitrogen and oxygen atoms in total. The Morgan fingerprint density at radius 2 is 1.52 bits per heavy atom. The van der Waals surface area contributed by atoms with Crippen LogP contribution >= 0.6 is 0 Å². The largest absolute Gasteiger partial charge is 0.266 e. The molecule has 0 atom stereocenters. The maximum atomic E-state index is 13.3. The van der Waals surface area contributed by atoms with Gasteiger partial charge in [0.15, 0.2) is 0 Å². The second-order valence-electron chi connectivity index (χ2n) is 8.23. The molecule has 3 aromatic carbocycles. The first-order valence-corrected chi connectivity index (χ1v) is 13.4. The Kier molecular flexibility index (Phi) is 5.03. The summed E-state index contributed by atoms with van der Waals surface area (Å²) in [7, 11) is -7.35. The fourth-order valence-corrected chi connectivity index (χ4v) is 7.45. The van der Waals surface area contributed by atoms with Crippen LogP contribution in [0.15, 0.2) is 70.5 Å². The van der Waals surface area contributed by atoms with E-state index < -0.39 is 20.0 Å². The number of nitrogens with zero attached hydrogens (tertiary/aromatic N) is 1. The van der Waals surface area contributed by atoms with E-state index in [4.69, 9.17) is 0 Å². The lowest BCUT2D eigenvalue weighted by Gasteiger charge is -2.20. The van der Waals surface area contributed by atoms with Gasteiger partial charge in [-0.1, -0.05) is 43.2 Å². The average Bonchev–Trinajstić information content (AvgIpc) is 3.42. The van der Waals surface area contributed by atoms with Gasteiger partial charge >= 0.3 is 0 Å². The standard InChI is InChI=1S/C23H24N2O4S2/c26-30(27,24-20-7-3-4-8-20)21-11-12-23-19(16-21)13-14-25(23)31(28,29)22-10-9-17-5-1-2-6-18(17)15-22/h1-2,5-6,9-12,15-16,20,24H,3-4,7-8,13-14H2. The number of fused-ring (bicyclic) bond motifs is 2. The summed E-state index contributed by atoms with van der Waals surface area (Å²) in [5.74, 6) is 0. The second kappa shape index (κ2) is 7.62. The highest BCUT2D eigenvalue weighted by molar-refractivity contribution is 7.93. The highest BCUT2D eigenvalue weighted by Gasteiger charge is 2.32. The summed E-state index contributed by atoms with van der Waals surface area (Å²) in [6.45, 7) is 0.296. The average molecular weight is 457 g/mol. The van der Waals surface area contributed by atoms with Crippen LogP contribution in [0.1, 0.15) is 31.2 Å².